The standard InChI is InChI=1S/C13H11F3N2O4S/c1-2-7(11-18-9(5-23-11)13(14,15)16)17-10(19)8-3-6(4-22-8)12(20)21/h3-5,7H,2H2,1H3,(H,17,19)(H,20,21)/t7-/m0/s1. The van der Waals surface area contributed by atoms with E-state index in [-0.39, 0.29) is 16.3 Å². The van der Waals surface area contributed by atoms with E-state index in [0.717, 1.165) is 29.0 Å². The molecule has 0 saturated carbocycles. The summed E-state index contributed by atoms with van der Waals surface area (Å²) in [5.74, 6) is -2.23. The number of halogens is 3. The maximum absolute atomic E-state index is 12.6. The third kappa shape index (κ3) is 3.89. The van der Waals surface area contributed by atoms with Crippen LogP contribution < -0.4 is 5.32 Å². The highest BCUT2D eigenvalue weighted by Gasteiger charge is 2.34. The highest BCUT2D eigenvalue weighted by Crippen LogP contribution is 2.32. The third-order valence-corrected chi connectivity index (χ3v) is 3.85. The van der Waals surface area contributed by atoms with Gasteiger partial charge in [0.2, 0.25) is 0 Å². The molecule has 1 atom stereocenters. The van der Waals surface area contributed by atoms with Crippen LogP contribution in [0.25, 0.3) is 0 Å². The molecule has 2 rings (SSSR count). The van der Waals surface area contributed by atoms with Gasteiger partial charge in [-0.15, -0.1) is 11.3 Å². The number of carbonyl (C=O) groups excluding carboxylic acids is 1. The number of hydrogen-bond acceptors (Lipinski definition) is 5. The van der Waals surface area contributed by atoms with Crippen LogP contribution in [0.3, 0.4) is 0 Å². The van der Waals surface area contributed by atoms with E-state index in [1.54, 1.807) is 6.92 Å². The summed E-state index contributed by atoms with van der Waals surface area (Å²) in [6, 6.07) is 0.301. The molecule has 2 N–H and O–H groups in total. The summed E-state index contributed by atoms with van der Waals surface area (Å²) < 4.78 is 42.5. The molecule has 0 aromatic carbocycles. The summed E-state index contributed by atoms with van der Waals surface area (Å²) >= 11 is 0.786. The molecule has 2 aromatic rings. The average molecular weight is 348 g/mol. The zero-order chi connectivity index (χ0) is 17.2. The van der Waals surface area contributed by atoms with Gasteiger partial charge >= 0.3 is 12.1 Å². The Morgan fingerprint density at radius 1 is 1.48 bits per heavy atom. The summed E-state index contributed by atoms with van der Waals surface area (Å²) in [7, 11) is 0. The minimum Gasteiger partial charge on any atom is -0.478 e. The van der Waals surface area contributed by atoms with Gasteiger partial charge < -0.3 is 14.8 Å². The molecule has 2 heterocycles. The van der Waals surface area contributed by atoms with Crippen molar-refractivity contribution in [1.82, 2.24) is 10.3 Å². The van der Waals surface area contributed by atoms with Crippen LogP contribution in [0.5, 0.6) is 0 Å². The van der Waals surface area contributed by atoms with E-state index in [1.807, 2.05) is 0 Å². The van der Waals surface area contributed by atoms with E-state index in [0.29, 0.717) is 6.42 Å². The van der Waals surface area contributed by atoms with Crippen LogP contribution in [0, 0.1) is 0 Å². The fourth-order valence-electron chi connectivity index (χ4n) is 1.71. The lowest BCUT2D eigenvalue weighted by atomic mass is 10.2. The maximum Gasteiger partial charge on any atom is 0.434 e. The number of carboxylic acids is 1. The second-order valence-corrected chi connectivity index (χ2v) is 5.40. The Morgan fingerprint density at radius 2 is 2.17 bits per heavy atom. The Morgan fingerprint density at radius 3 is 2.65 bits per heavy atom. The monoisotopic (exact) mass is 348 g/mol. The number of aromatic nitrogens is 1. The lowest BCUT2D eigenvalue weighted by Gasteiger charge is -2.13. The maximum atomic E-state index is 12.6. The van der Waals surface area contributed by atoms with E-state index in [2.05, 4.69) is 10.3 Å². The Hall–Kier alpha value is -2.36. The van der Waals surface area contributed by atoms with Gasteiger partial charge in [0.1, 0.15) is 11.3 Å². The molecule has 0 saturated heterocycles. The van der Waals surface area contributed by atoms with Crippen molar-refractivity contribution < 1.29 is 32.3 Å². The molecule has 0 aliphatic carbocycles. The molecule has 0 unspecified atom stereocenters. The van der Waals surface area contributed by atoms with Gasteiger partial charge in [0.05, 0.1) is 11.6 Å². The average Bonchev–Trinajstić information content (AvgIpc) is 3.12. The molecular formula is C13H11F3N2O4S. The number of carbonyl (C=O) groups is 2. The van der Waals surface area contributed by atoms with Crippen LogP contribution in [0.4, 0.5) is 13.2 Å². The first-order valence-corrected chi connectivity index (χ1v) is 7.25. The lowest BCUT2D eigenvalue weighted by Crippen LogP contribution is -2.28. The molecule has 0 spiro atoms. The molecule has 0 radical (unpaired) electrons. The van der Waals surface area contributed by atoms with Gasteiger partial charge in [-0.3, -0.25) is 4.79 Å². The SMILES string of the molecule is CC[C@H](NC(=O)c1cc(C(=O)O)co1)c1nc(C(F)(F)F)cs1. The van der Waals surface area contributed by atoms with Crippen molar-refractivity contribution in [3.8, 4) is 0 Å². The second-order valence-electron chi connectivity index (χ2n) is 4.51. The van der Waals surface area contributed by atoms with Crippen molar-refractivity contribution in [1.29, 1.82) is 0 Å². The number of nitrogens with zero attached hydrogens (tertiary/aromatic N) is 1. The fourth-order valence-corrected chi connectivity index (χ4v) is 2.67. The molecule has 0 bridgehead atoms. The Balaban J connectivity index is 2.13. The predicted molar refractivity (Wildman–Crippen MR) is 73.3 cm³/mol. The van der Waals surface area contributed by atoms with Crippen LogP contribution in [-0.4, -0.2) is 22.0 Å². The zero-order valence-electron chi connectivity index (χ0n) is 11.7. The molecule has 0 aliphatic heterocycles. The van der Waals surface area contributed by atoms with Gasteiger partial charge in [0, 0.05) is 11.4 Å². The Kier molecular flexibility index (Phi) is 4.73. The normalized spacial score (nSPS) is 12.9. The Labute approximate surface area is 131 Å². The summed E-state index contributed by atoms with van der Waals surface area (Å²) in [6.45, 7) is 1.67. The van der Waals surface area contributed by atoms with Crippen molar-refractivity contribution in [2.24, 2.45) is 0 Å². The van der Waals surface area contributed by atoms with Crippen molar-refractivity contribution in [2.75, 3.05) is 0 Å². The fraction of sp³-hybridized carbons (Fsp3) is 0.308. The minimum absolute atomic E-state index is 0.109. The van der Waals surface area contributed by atoms with Gasteiger partial charge in [0.25, 0.3) is 5.91 Å². The van der Waals surface area contributed by atoms with E-state index in [4.69, 9.17) is 9.52 Å². The molecule has 10 heteroatoms. The number of furan rings is 1. The summed E-state index contributed by atoms with van der Waals surface area (Å²) in [4.78, 5) is 26.2. The van der Waals surface area contributed by atoms with Crippen molar-refractivity contribution in [3.05, 3.63) is 39.7 Å². The Bertz CT molecular complexity index is 723. The molecule has 2 aromatic heterocycles. The van der Waals surface area contributed by atoms with Crippen LogP contribution in [0.2, 0.25) is 0 Å². The summed E-state index contributed by atoms with van der Waals surface area (Å²) in [5, 5.41) is 12.2. The summed E-state index contributed by atoms with van der Waals surface area (Å²) in [5.41, 5.74) is -1.21. The molecule has 6 nitrogen and oxygen atoms in total. The number of rotatable bonds is 5. The minimum atomic E-state index is -4.55. The van der Waals surface area contributed by atoms with Gasteiger partial charge in [-0.2, -0.15) is 13.2 Å². The third-order valence-electron chi connectivity index (χ3n) is 2.89. The van der Waals surface area contributed by atoms with Crippen LogP contribution in [-0.2, 0) is 6.18 Å². The predicted octanol–water partition coefficient (Wildman–Crippen LogP) is 3.33. The lowest BCUT2D eigenvalue weighted by molar-refractivity contribution is -0.140. The number of aromatic carboxylic acids is 1. The second kappa shape index (κ2) is 6.41. The van der Waals surface area contributed by atoms with Crippen molar-refractivity contribution >= 4 is 23.2 Å². The number of thiazole rings is 1. The first-order valence-electron chi connectivity index (χ1n) is 6.37. The van der Waals surface area contributed by atoms with E-state index < -0.39 is 29.8 Å². The van der Waals surface area contributed by atoms with E-state index >= 15 is 0 Å². The first-order chi connectivity index (χ1) is 10.7. The number of amides is 1. The first kappa shape index (κ1) is 17.0. The number of carboxylic acid groups (broad SMARTS) is 1. The largest absolute Gasteiger partial charge is 0.478 e. The molecule has 23 heavy (non-hydrogen) atoms. The number of hydrogen-bond donors (Lipinski definition) is 2. The van der Waals surface area contributed by atoms with Gasteiger partial charge in [-0.25, -0.2) is 9.78 Å². The van der Waals surface area contributed by atoms with Crippen LogP contribution >= 0.6 is 11.3 Å². The van der Waals surface area contributed by atoms with Crippen LogP contribution in [0.15, 0.2) is 22.1 Å². The quantitative estimate of drug-likeness (QED) is 0.865. The molecule has 0 aliphatic rings. The molecule has 1 amide bonds. The van der Waals surface area contributed by atoms with Crippen LogP contribution in [0.1, 0.15) is 51.0 Å². The zero-order valence-corrected chi connectivity index (χ0v) is 12.5. The van der Waals surface area contributed by atoms with Gasteiger partial charge in [-0.05, 0) is 6.42 Å². The van der Waals surface area contributed by atoms with E-state index in [9.17, 15) is 22.8 Å². The number of alkyl halides is 3. The topological polar surface area (TPSA) is 92.4 Å². The molecule has 0 fully saturated rings. The molecular weight excluding hydrogens is 337 g/mol. The molecule has 124 valence electrons. The van der Waals surface area contributed by atoms with Gasteiger partial charge in [-0.1, -0.05) is 6.92 Å². The highest BCUT2D eigenvalue weighted by atomic mass is 32.1. The van der Waals surface area contributed by atoms with Crippen molar-refractivity contribution in [3.63, 3.8) is 0 Å². The smallest absolute Gasteiger partial charge is 0.434 e. The van der Waals surface area contributed by atoms with Gasteiger partial charge in [0.15, 0.2) is 11.5 Å². The number of nitrogens with one attached hydrogen (secondary N) is 1. The highest BCUT2D eigenvalue weighted by molar-refractivity contribution is 7.09. The van der Waals surface area contributed by atoms with E-state index in [1.165, 1.54) is 0 Å². The van der Waals surface area contributed by atoms with Crippen molar-refractivity contribution in [2.45, 2.75) is 25.6 Å². The summed E-state index contributed by atoms with van der Waals surface area (Å²) in [6.07, 6.45) is -3.33.